The summed E-state index contributed by atoms with van der Waals surface area (Å²) < 4.78 is 0. The summed E-state index contributed by atoms with van der Waals surface area (Å²) in [6.45, 7) is 3.56. The zero-order valence-electron chi connectivity index (χ0n) is 12.4. The van der Waals surface area contributed by atoms with Gasteiger partial charge in [-0.3, -0.25) is 10.0 Å². The zero-order chi connectivity index (χ0) is 16.3. The summed E-state index contributed by atoms with van der Waals surface area (Å²) in [5, 5.41) is 30.5. The SMILES string of the molecule is CC(C)(/C=C/C(=O)NO)[C@H](O)c1ccc(O)c2ccccc12. The van der Waals surface area contributed by atoms with Gasteiger partial charge in [0.25, 0.3) is 5.91 Å². The minimum atomic E-state index is -0.888. The fraction of sp³-hybridized carbons (Fsp3) is 0.235. The maximum atomic E-state index is 11.1. The summed E-state index contributed by atoms with van der Waals surface area (Å²) in [5.74, 6) is -0.504. The van der Waals surface area contributed by atoms with E-state index in [9.17, 15) is 15.0 Å². The molecule has 0 fully saturated rings. The van der Waals surface area contributed by atoms with Crippen molar-refractivity contribution in [3.05, 3.63) is 54.1 Å². The average Bonchev–Trinajstić information content (AvgIpc) is 2.52. The molecule has 22 heavy (non-hydrogen) atoms. The lowest BCUT2D eigenvalue weighted by atomic mass is 9.80. The largest absolute Gasteiger partial charge is 0.507 e. The quantitative estimate of drug-likeness (QED) is 0.397. The number of fused-ring (bicyclic) bond motifs is 1. The molecule has 0 aliphatic heterocycles. The third kappa shape index (κ3) is 3.10. The van der Waals surface area contributed by atoms with Gasteiger partial charge >= 0.3 is 0 Å². The Bertz CT molecular complexity index is 722. The van der Waals surface area contributed by atoms with Crippen LogP contribution in [-0.4, -0.2) is 21.3 Å². The van der Waals surface area contributed by atoms with Crippen molar-refractivity contribution < 1.29 is 20.2 Å². The van der Waals surface area contributed by atoms with Gasteiger partial charge in [-0.05, 0) is 17.0 Å². The van der Waals surface area contributed by atoms with Crippen LogP contribution in [0, 0.1) is 5.41 Å². The number of benzene rings is 2. The van der Waals surface area contributed by atoms with Gasteiger partial charge in [-0.25, -0.2) is 5.48 Å². The molecule has 0 unspecified atom stereocenters. The second-order valence-electron chi connectivity index (χ2n) is 5.75. The highest BCUT2D eigenvalue weighted by Gasteiger charge is 2.28. The normalized spacial score (nSPS) is 13.5. The van der Waals surface area contributed by atoms with Crippen LogP contribution >= 0.6 is 0 Å². The third-order valence-electron chi connectivity index (χ3n) is 3.71. The Morgan fingerprint density at radius 3 is 2.45 bits per heavy atom. The molecule has 0 spiro atoms. The Kier molecular flexibility index (Phi) is 4.49. The molecule has 5 nitrogen and oxygen atoms in total. The minimum Gasteiger partial charge on any atom is -0.507 e. The number of nitrogens with one attached hydrogen (secondary N) is 1. The molecule has 2 rings (SSSR count). The Balaban J connectivity index is 2.45. The number of aromatic hydroxyl groups is 1. The Morgan fingerprint density at radius 2 is 1.82 bits per heavy atom. The van der Waals surface area contributed by atoms with E-state index in [4.69, 9.17) is 5.21 Å². The van der Waals surface area contributed by atoms with Crippen molar-refractivity contribution in [2.24, 2.45) is 5.41 Å². The molecule has 0 aliphatic carbocycles. The van der Waals surface area contributed by atoms with Crippen LogP contribution < -0.4 is 5.48 Å². The standard InChI is InChI=1S/C17H19NO4/c1-17(2,10-9-15(20)18-22)16(21)13-7-8-14(19)12-6-4-3-5-11(12)13/h3-10,16,19,21-22H,1-2H3,(H,18,20)/b10-9+/t16-/m1/s1. The van der Waals surface area contributed by atoms with Crippen LogP contribution in [0.5, 0.6) is 5.75 Å². The lowest BCUT2D eigenvalue weighted by Crippen LogP contribution is -2.22. The molecule has 0 saturated heterocycles. The second-order valence-corrected chi connectivity index (χ2v) is 5.75. The number of hydrogen-bond acceptors (Lipinski definition) is 4. The highest BCUT2D eigenvalue weighted by molar-refractivity contribution is 5.91. The summed E-state index contributed by atoms with van der Waals surface area (Å²) in [6, 6.07) is 10.5. The van der Waals surface area contributed by atoms with E-state index in [1.54, 1.807) is 32.0 Å². The minimum absolute atomic E-state index is 0.152. The summed E-state index contributed by atoms with van der Waals surface area (Å²) in [7, 11) is 0. The fourth-order valence-corrected chi connectivity index (χ4v) is 2.36. The number of phenolic OH excluding ortho intramolecular Hbond substituents is 1. The van der Waals surface area contributed by atoms with Gasteiger partial charge < -0.3 is 10.2 Å². The topological polar surface area (TPSA) is 89.8 Å². The lowest BCUT2D eigenvalue weighted by Gasteiger charge is -2.28. The van der Waals surface area contributed by atoms with Crippen LogP contribution in [-0.2, 0) is 4.79 Å². The van der Waals surface area contributed by atoms with Gasteiger partial charge in [0.1, 0.15) is 5.75 Å². The van der Waals surface area contributed by atoms with Crippen LogP contribution in [0.25, 0.3) is 10.8 Å². The molecule has 4 N–H and O–H groups in total. The van der Waals surface area contributed by atoms with E-state index >= 15 is 0 Å². The fourth-order valence-electron chi connectivity index (χ4n) is 2.36. The average molecular weight is 301 g/mol. The van der Waals surface area contributed by atoms with Crippen molar-refractivity contribution in [3.63, 3.8) is 0 Å². The highest BCUT2D eigenvalue weighted by atomic mass is 16.5. The Hall–Kier alpha value is -2.37. The molecule has 5 heteroatoms. The molecule has 0 bridgehead atoms. The van der Waals surface area contributed by atoms with Gasteiger partial charge in [0.15, 0.2) is 0 Å². The summed E-state index contributed by atoms with van der Waals surface area (Å²) >= 11 is 0. The first kappa shape index (κ1) is 16.0. The summed E-state index contributed by atoms with van der Waals surface area (Å²) in [5.41, 5.74) is 1.43. The van der Waals surface area contributed by atoms with Crippen LogP contribution in [0.3, 0.4) is 0 Å². The van der Waals surface area contributed by atoms with Gasteiger partial charge in [0, 0.05) is 16.9 Å². The van der Waals surface area contributed by atoms with Crippen LogP contribution in [0.2, 0.25) is 0 Å². The first-order valence-corrected chi connectivity index (χ1v) is 6.89. The maximum Gasteiger partial charge on any atom is 0.267 e. The molecule has 0 aliphatic rings. The Morgan fingerprint density at radius 1 is 1.18 bits per heavy atom. The zero-order valence-corrected chi connectivity index (χ0v) is 12.4. The van der Waals surface area contributed by atoms with E-state index in [1.165, 1.54) is 17.6 Å². The van der Waals surface area contributed by atoms with Crippen molar-refractivity contribution >= 4 is 16.7 Å². The molecule has 116 valence electrons. The number of hydrogen-bond donors (Lipinski definition) is 4. The van der Waals surface area contributed by atoms with Crippen molar-refractivity contribution in [1.82, 2.24) is 5.48 Å². The number of amides is 1. The maximum absolute atomic E-state index is 11.1. The number of aliphatic hydroxyl groups excluding tert-OH is 1. The molecule has 1 amide bonds. The molecule has 0 saturated carbocycles. The van der Waals surface area contributed by atoms with Crippen LogP contribution in [0.1, 0.15) is 25.5 Å². The summed E-state index contributed by atoms with van der Waals surface area (Å²) in [4.78, 5) is 11.1. The number of phenols is 1. The van der Waals surface area contributed by atoms with E-state index in [0.29, 0.717) is 10.9 Å². The lowest BCUT2D eigenvalue weighted by molar-refractivity contribution is -0.124. The van der Waals surface area contributed by atoms with Crippen molar-refractivity contribution in [2.75, 3.05) is 0 Å². The molecule has 2 aromatic rings. The first-order chi connectivity index (χ1) is 10.4. The number of rotatable bonds is 4. The number of hydroxylamine groups is 1. The van der Waals surface area contributed by atoms with Crippen molar-refractivity contribution in [2.45, 2.75) is 20.0 Å². The van der Waals surface area contributed by atoms with Crippen molar-refractivity contribution in [1.29, 1.82) is 0 Å². The predicted octanol–water partition coefficient (Wildman–Crippen LogP) is 2.67. The molecular weight excluding hydrogens is 282 g/mol. The van der Waals surface area contributed by atoms with Gasteiger partial charge in [-0.1, -0.05) is 50.3 Å². The van der Waals surface area contributed by atoms with Crippen LogP contribution in [0.15, 0.2) is 48.6 Å². The number of aliphatic hydroxyl groups is 1. The van der Waals surface area contributed by atoms with Gasteiger partial charge in [0.2, 0.25) is 0 Å². The molecule has 0 aromatic heterocycles. The first-order valence-electron chi connectivity index (χ1n) is 6.89. The van der Waals surface area contributed by atoms with Crippen molar-refractivity contribution in [3.8, 4) is 5.75 Å². The van der Waals surface area contributed by atoms with Gasteiger partial charge in [0.05, 0.1) is 6.10 Å². The molecule has 0 heterocycles. The predicted molar refractivity (Wildman–Crippen MR) is 83.4 cm³/mol. The summed E-state index contributed by atoms with van der Waals surface area (Å²) in [6.07, 6.45) is 1.82. The smallest absolute Gasteiger partial charge is 0.267 e. The third-order valence-corrected chi connectivity index (χ3v) is 3.71. The van der Waals surface area contributed by atoms with E-state index in [2.05, 4.69) is 0 Å². The van der Waals surface area contributed by atoms with E-state index in [1.807, 2.05) is 18.2 Å². The van der Waals surface area contributed by atoms with E-state index in [-0.39, 0.29) is 5.75 Å². The Labute approximate surface area is 128 Å². The molecule has 2 aromatic carbocycles. The van der Waals surface area contributed by atoms with Crippen LogP contribution in [0.4, 0.5) is 0 Å². The number of carbonyl (C=O) groups is 1. The monoisotopic (exact) mass is 301 g/mol. The second kappa shape index (κ2) is 6.17. The highest BCUT2D eigenvalue weighted by Crippen LogP contribution is 2.39. The molecule has 0 radical (unpaired) electrons. The van der Waals surface area contributed by atoms with Gasteiger partial charge in [-0.15, -0.1) is 0 Å². The molecule has 1 atom stereocenters. The number of carbonyl (C=O) groups excluding carboxylic acids is 1. The van der Waals surface area contributed by atoms with E-state index < -0.39 is 17.4 Å². The molecular formula is C17H19NO4. The van der Waals surface area contributed by atoms with E-state index in [0.717, 1.165) is 5.39 Å². The van der Waals surface area contributed by atoms with Gasteiger partial charge in [-0.2, -0.15) is 0 Å².